The molecule has 0 bridgehead atoms. The Morgan fingerprint density at radius 3 is 2.43 bits per heavy atom. The molecule has 0 radical (unpaired) electrons. The fourth-order valence-corrected chi connectivity index (χ4v) is 6.78. The topological polar surface area (TPSA) is 0 Å². The number of hydrogen-bond acceptors (Lipinski definition) is 0. The average Bonchev–Trinajstić information content (AvgIpc) is 3.04. The van der Waals surface area contributed by atoms with Crippen molar-refractivity contribution in [2.24, 2.45) is 0 Å². The lowest BCUT2D eigenvalue weighted by atomic mass is 9.68. The van der Waals surface area contributed by atoms with Gasteiger partial charge < -0.3 is 0 Å². The molecule has 0 heteroatoms. The summed E-state index contributed by atoms with van der Waals surface area (Å²) in [4.78, 5) is 0. The second-order valence-corrected chi connectivity index (χ2v) is 10.1. The molecule has 0 amide bonds. The Kier molecular flexibility index (Phi) is 3.57. The molecule has 0 spiro atoms. The van der Waals surface area contributed by atoms with Gasteiger partial charge in [0, 0.05) is 0 Å². The van der Waals surface area contributed by atoms with E-state index in [0.717, 1.165) is 11.8 Å². The summed E-state index contributed by atoms with van der Waals surface area (Å²) in [6, 6.07) is 5.21. The molecule has 0 fully saturated rings. The summed E-state index contributed by atoms with van der Waals surface area (Å²) in [5, 5.41) is 3.23. The minimum absolute atomic E-state index is 0.712. The fraction of sp³-hybridized carbons (Fsp3) is 0.500. The molecule has 0 nitrogen and oxygen atoms in total. The van der Waals surface area contributed by atoms with Gasteiger partial charge in [-0.3, -0.25) is 0 Å². The van der Waals surface area contributed by atoms with Crippen LogP contribution in [0.15, 0.2) is 12.1 Å². The first-order valence-electron chi connectivity index (χ1n) is 11.6. The second kappa shape index (κ2) is 5.85. The van der Waals surface area contributed by atoms with Crippen LogP contribution in [0.25, 0.3) is 11.6 Å². The van der Waals surface area contributed by atoms with E-state index in [1.165, 1.54) is 44.9 Å². The molecule has 2 aromatic rings. The predicted molar refractivity (Wildman–Crippen MR) is 119 cm³/mol. The molecule has 3 atom stereocenters. The van der Waals surface area contributed by atoms with Crippen molar-refractivity contribution in [2.45, 2.75) is 90.4 Å². The maximum Gasteiger partial charge on any atom is -0.00821 e. The van der Waals surface area contributed by atoms with E-state index in [1.807, 2.05) is 0 Å². The Morgan fingerprint density at radius 1 is 0.964 bits per heavy atom. The first-order chi connectivity index (χ1) is 13.6. The van der Waals surface area contributed by atoms with Gasteiger partial charge in [-0.1, -0.05) is 52.3 Å². The highest BCUT2D eigenvalue weighted by atomic mass is 14.4. The van der Waals surface area contributed by atoms with Gasteiger partial charge in [0.1, 0.15) is 0 Å². The molecular formula is C28H32. The smallest absolute Gasteiger partial charge is 0.00821 e. The normalized spacial score (nSPS) is 26.0. The quantitative estimate of drug-likeness (QED) is 0.681. The third-order valence-electron chi connectivity index (χ3n) is 8.25. The summed E-state index contributed by atoms with van der Waals surface area (Å²) in [5.41, 5.74) is 15.2. The molecule has 144 valence electrons. The van der Waals surface area contributed by atoms with Gasteiger partial charge in [-0.15, -0.1) is 0 Å². The standard InChI is InChI=1S/C28H32/c1-5-6-15(2)22-14-19-8-10-21(28(19)25-12-17(4)26(22)25)24-13-18-7-9-20(18)23-11-16(3)27(23)24/h9,13-17H,5-8,10-12H2,1-4H3/b24-21+. The lowest BCUT2D eigenvalue weighted by Crippen LogP contribution is -2.39. The van der Waals surface area contributed by atoms with Crippen LogP contribution >= 0.6 is 0 Å². The fourth-order valence-electron chi connectivity index (χ4n) is 6.78. The second-order valence-electron chi connectivity index (χ2n) is 10.1. The van der Waals surface area contributed by atoms with Crippen LogP contribution in [0, 0.1) is 0 Å². The zero-order valence-electron chi connectivity index (χ0n) is 17.9. The van der Waals surface area contributed by atoms with Crippen LogP contribution in [0.5, 0.6) is 0 Å². The van der Waals surface area contributed by atoms with Gasteiger partial charge in [0.2, 0.25) is 0 Å². The third-order valence-corrected chi connectivity index (χ3v) is 8.25. The maximum atomic E-state index is 2.63. The van der Waals surface area contributed by atoms with Crippen LogP contribution in [0.2, 0.25) is 0 Å². The van der Waals surface area contributed by atoms with Crippen LogP contribution in [0.4, 0.5) is 0 Å². The summed E-state index contributed by atoms with van der Waals surface area (Å²) in [5.74, 6) is 2.21. The molecule has 0 aromatic heterocycles. The molecule has 28 heavy (non-hydrogen) atoms. The van der Waals surface area contributed by atoms with Crippen molar-refractivity contribution in [3.05, 3.63) is 67.1 Å². The SMILES string of the molecule is CCCC(C)c1cc2c(c3c1C(C)C3)/C(=c1\cc3c(c4c1C(C)C4)=CC3)CC2. The Bertz CT molecular complexity index is 1140. The van der Waals surface area contributed by atoms with E-state index in [4.69, 9.17) is 0 Å². The van der Waals surface area contributed by atoms with E-state index in [2.05, 4.69) is 45.9 Å². The first-order valence-corrected chi connectivity index (χ1v) is 11.6. The zero-order valence-corrected chi connectivity index (χ0v) is 17.9. The van der Waals surface area contributed by atoms with E-state index >= 15 is 0 Å². The van der Waals surface area contributed by atoms with Gasteiger partial charge in [-0.2, -0.15) is 0 Å². The van der Waals surface area contributed by atoms with Gasteiger partial charge in [0.05, 0.1) is 0 Å². The van der Waals surface area contributed by atoms with Gasteiger partial charge in [-0.05, 0) is 117 Å². The van der Waals surface area contributed by atoms with Crippen LogP contribution in [0.1, 0.15) is 109 Å². The molecule has 3 unspecified atom stereocenters. The number of aryl methyl sites for hydroxylation is 1. The lowest BCUT2D eigenvalue weighted by molar-refractivity contribution is 0.604. The molecule has 4 aliphatic rings. The third kappa shape index (κ3) is 2.07. The number of rotatable bonds is 3. The zero-order chi connectivity index (χ0) is 19.2. The summed E-state index contributed by atoms with van der Waals surface area (Å²) >= 11 is 0. The van der Waals surface area contributed by atoms with Crippen molar-refractivity contribution in [3.8, 4) is 0 Å². The monoisotopic (exact) mass is 368 g/mol. The molecular weight excluding hydrogens is 336 g/mol. The van der Waals surface area contributed by atoms with Gasteiger partial charge in [0.15, 0.2) is 0 Å². The minimum atomic E-state index is 0.712. The number of benzene rings is 2. The average molecular weight is 369 g/mol. The summed E-state index contributed by atoms with van der Waals surface area (Å²) in [6.45, 7) is 9.66. The van der Waals surface area contributed by atoms with Gasteiger partial charge >= 0.3 is 0 Å². The summed E-state index contributed by atoms with van der Waals surface area (Å²) in [6.07, 6.45) is 11.3. The predicted octanol–water partition coefficient (Wildman–Crippen LogP) is 5.39. The van der Waals surface area contributed by atoms with Crippen LogP contribution in [-0.2, 0) is 25.7 Å². The molecule has 6 rings (SSSR count). The highest BCUT2D eigenvalue weighted by molar-refractivity contribution is 5.80. The van der Waals surface area contributed by atoms with Gasteiger partial charge in [0.25, 0.3) is 0 Å². The Hall–Kier alpha value is -1.82. The molecule has 2 aromatic carbocycles. The molecule has 0 N–H and O–H groups in total. The Labute approximate surface area is 169 Å². The van der Waals surface area contributed by atoms with E-state index in [-0.39, 0.29) is 0 Å². The number of hydrogen-bond donors (Lipinski definition) is 0. The largest absolute Gasteiger partial charge is 0.0723 e. The van der Waals surface area contributed by atoms with Crippen molar-refractivity contribution in [1.29, 1.82) is 0 Å². The molecule has 0 saturated heterocycles. The molecule has 4 aliphatic carbocycles. The van der Waals surface area contributed by atoms with Crippen molar-refractivity contribution in [2.75, 3.05) is 0 Å². The summed E-state index contributed by atoms with van der Waals surface area (Å²) in [7, 11) is 0. The Balaban J connectivity index is 1.60. The first kappa shape index (κ1) is 17.1. The summed E-state index contributed by atoms with van der Waals surface area (Å²) < 4.78 is 0. The Morgan fingerprint density at radius 2 is 1.75 bits per heavy atom. The molecule has 0 aliphatic heterocycles. The van der Waals surface area contributed by atoms with Gasteiger partial charge in [-0.25, -0.2) is 0 Å². The van der Waals surface area contributed by atoms with E-state index in [9.17, 15) is 0 Å². The highest BCUT2D eigenvalue weighted by Gasteiger charge is 2.36. The molecule has 0 saturated carbocycles. The van der Waals surface area contributed by atoms with E-state index in [1.54, 1.807) is 60.5 Å². The minimum Gasteiger partial charge on any atom is -0.0723 e. The van der Waals surface area contributed by atoms with E-state index in [0.29, 0.717) is 5.92 Å². The van der Waals surface area contributed by atoms with Crippen LogP contribution in [-0.4, -0.2) is 0 Å². The lowest BCUT2D eigenvalue weighted by Gasteiger charge is -2.36. The highest BCUT2D eigenvalue weighted by Crippen LogP contribution is 2.49. The van der Waals surface area contributed by atoms with Crippen LogP contribution in [0.3, 0.4) is 0 Å². The van der Waals surface area contributed by atoms with Crippen molar-refractivity contribution in [1.82, 2.24) is 0 Å². The molecule has 0 heterocycles. The van der Waals surface area contributed by atoms with Crippen molar-refractivity contribution >= 4 is 11.6 Å². The van der Waals surface area contributed by atoms with Crippen molar-refractivity contribution < 1.29 is 0 Å². The number of fused-ring (bicyclic) bond motifs is 6. The maximum absolute atomic E-state index is 2.63. The van der Waals surface area contributed by atoms with Crippen molar-refractivity contribution in [3.63, 3.8) is 0 Å². The van der Waals surface area contributed by atoms with Crippen LogP contribution < -0.4 is 10.4 Å². The van der Waals surface area contributed by atoms with E-state index < -0.39 is 0 Å².